The van der Waals surface area contributed by atoms with Gasteiger partial charge in [0, 0.05) is 25.2 Å². The van der Waals surface area contributed by atoms with Gasteiger partial charge in [0.15, 0.2) is 0 Å². The summed E-state index contributed by atoms with van der Waals surface area (Å²) in [7, 11) is -3.88. The molecule has 1 aliphatic heterocycles. The van der Waals surface area contributed by atoms with E-state index in [0.717, 1.165) is 6.07 Å². The van der Waals surface area contributed by atoms with Gasteiger partial charge >= 0.3 is 0 Å². The number of piperidine rings is 1. The van der Waals surface area contributed by atoms with Gasteiger partial charge in [0.2, 0.25) is 15.9 Å². The lowest BCUT2D eigenvalue weighted by atomic mass is 10.1. The van der Waals surface area contributed by atoms with Crippen LogP contribution in [0.15, 0.2) is 59.5 Å². The van der Waals surface area contributed by atoms with Crippen molar-refractivity contribution in [2.24, 2.45) is 0 Å². The number of likely N-dealkylation sites (tertiary alicyclic amines) is 1. The smallest absolute Gasteiger partial charge is 0.246 e. The molecule has 0 radical (unpaired) electrons. The van der Waals surface area contributed by atoms with E-state index in [9.17, 15) is 22.0 Å². The largest absolute Gasteiger partial charge is 0.338 e. The summed E-state index contributed by atoms with van der Waals surface area (Å²) in [6.45, 7) is 0.714. The number of hydrogen-bond acceptors (Lipinski definition) is 3. The summed E-state index contributed by atoms with van der Waals surface area (Å²) in [5.41, 5.74) is 0.564. The van der Waals surface area contributed by atoms with Crippen molar-refractivity contribution in [1.29, 1.82) is 0 Å². The predicted molar refractivity (Wildman–Crippen MR) is 102 cm³/mol. The first-order chi connectivity index (χ1) is 13.3. The van der Waals surface area contributed by atoms with Crippen molar-refractivity contribution in [3.8, 4) is 0 Å². The lowest BCUT2D eigenvalue weighted by Crippen LogP contribution is -2.49. The Morgan fingerprint density at radius 2 is 1.82 bits per heavy atom. The number of benzene rings is 2. The number of carbonyl (C=O) groups excluding carboxylic acids is 1. The van der Waals surface area contributed by atoms with Crippen LogP contribution >= 0.6 is 0 Å². The molecule has 5 nitrogen and oxygen atoms in total. The molecule has 148 valence electrons. The van der Waals surface area contributed by atoms with Crippen LogP contribution < -0.4 is 4.72 Å². The van der Waals surface area contributed by atoms with Crippen LogP contribution in [0.3, 0.4) is 0 Å². The molecule has 0 aromatic heterocycles. The normalized spacial score (nSPS) is 17.8. The molecule has 2 aromatic carbocycles. The average molecular weight is 406 g/mol. The molecular formula is C20H20F2N2O3S. The highest BCUT2D eigenvalue weighted by molar-refractivity contribution is 7.89. The summed E-state index contributed by atoms with van der Waals surface area (Å²) in [6, 6.07) is 10.2. The quantitative estimate of drug-likeness (QED) is 0.777. The molecule has 1 heterocycles. The maximum absolute atomic E-state index is 13.3. The van der Waals surface area contributed by atoms with E-state index in [2.05, 4.69) is 4.72 Å². The number of rotatable bonds is 5. The Morgan fingerprint density at radius 1 is 1.11 bits per heavy atom. The Morgan fingerprint density at radius 3 is 2.54 bits per heavy atom. The van der Waals surface area contributed by atoms with Crippen molar-refractivity contribution in [3.05, 3.63) is 71.8 Å². The molecule has 0 spiro atoms. The van der Waals surface area contributed by atoms with Crippen LogP contribution in [0.1, 0.15) is 18.4 Å². The molecule has 3 rings (SSSR count). The lowest BCUT2D eigenvalue weighted by Gasteiger charge is -2.32. The van der Waals surface area contributed by atoms with Gasteiger partial charge in [0.1, 0.15) is 11.6 Å². The Balaban J connectivity index is 1.64. The third kappa shape index (κ3) is 5.24. The second-order valence-electron chi connectivity index (χ2n) is 6.59. The highest BCUT2D eigenvalue weighted by atomic mass is 32.2. The van der Waals surface area contributed by atoms with E-state index in [1.54, 1.807) is 12.1 Å². The van der Waals surface area contributed by atoms with Crippen LogP contribution in [0.25, 0.3) is 6.08 Å². The average Bonchev–Trinajstić information content (AvgIpc) is 2.66. The van der Waals surface area contributed by atoms with Crippen LogP contribution in [-0.4, -0.2) is 38.4 Å². The first-order valence-electron chi connectivity index (χ1n) is 8.84. The van der Waals surface area contributed by atoms with E-state index in [4.69, 9.17) is 0 Å². The molecule has 1 atom stereocenters. The Labute approximate surface area is 162 Å². The first-order valence-corrected chi connectivity index (χ1v) is 10.3. The molecule has 28 heavy (non-hydrogen) atoms. The van der Waals surface area contributed by atoms with E-state index in [-0.39, 0.29) is 23.2 Å². The third-order valence-corrected chi connectivity index (χ3v) is 5.95. The van der Waals surface area contributed by atoms with Crippen molar-refractivity contribution < 1.29 is 22.0 Å². The number of amides is 1. The molecule has 1 amide bonds. The van der Waals surface area contributed by atoms with E-state index in [1.807, 2.05) is 0 Å². The third-order valence-electron chi connectivity index (χ3n) is 4.43. The van der Waals surface area contributed by atoms with Gasteiger partial charge in [-0.15, -0.1) is 0 Å². The molecule has 1 saturated heterocycles. The molecule has 1 fully saturated rings. The fraction of sp³-hybridized carbons (Fsp3) is 0.250. The molecule has 8 heteroatoms. The first kappa shape index (κ1) is 20.2. The highest BCUT2D eigenvalue weighted by Gasteiger charge is 2.27. The second-order valence-corrected chi connectivity index (χ2v) is 8.30. The zero-order valence-electron chi connectivity index (χ0n) is 15.0. The Kier molecular flexibility index (Phi) is 6.21. The summed E-state index contributed by atoms with van der Waals surface area (Å²) in [5, 5.41) is 0. The fourth-order valence-electron chi connectivity index (χ4n) is 3.08. The number of hydrogen-bond donors (Lipinski definition) is 1. The van der Waals surface area contributed by atoms with E-state index in [1.165, 1.54) is 47.4 Å². The van der Waals surface area contributed by atoms with Gasteiger partial charge in [-0.25, -0.2) is 21.9 Å². The van der Waals surface area contributed by atoms with Gasteiger partial charge in [-0.05, 0) is 54.8 Å². The molecule has 1 aliphatic rings. The minimum Gasteiger partial charge on any atom is -0.338 e. The molecule has 1 N–H and O–H groups in total. The van der Waals surface area contributed by atoms with Crippen LogP contribution in [0.5, 0.6) is 0 Å². The van der Waals surface area contributed by atoms with Gasteiger partial charge in [0.25, 0.3) is 0 Å². The molecule has 0 bridgehead atoms. The molecule has 0 saturated carbocycles. The van der Waals surface area contributed by atoms with Crippen LogP contribution in [0.2, 0.25) is 0 Å². The second kappa shape index (κ2) is 8.62. The van der Waals surface area contributed by atoms with Gasteiger partial charge in [-0.1, -0.05) is 18.2 Å². The van der Waals surface area contributed by atoms with Crippen LogP contribution in [0, 0.1) is 11.6 Å². The van der Waals surface area contributed by atoms with Crippen LogP contribution in [0.4, 0.5) is 8.78 Å². The van der Waals surface area contributed by atoms with E-state index >= 15 is 0 Å². The van der Waals surface area contributed by atoms with Gasteiger partial charge in [-0.3, -0.25) is 4.79 Å². The zero-order valence-corrected chi connectivity index (χ0v) is 15.8. The summed E-state index contributed by atoms with van der Waals surface area (Å²) >= 11 is 0. The molecule has 2 aromatic rings. The van der Waals surface area contributed by atoms with E-state index < -0.39 is 21.9 Å². The predicted octanol–water partition coefficient (Wildman–Crippen LogP) is 2.95. The van der Waals surface area contributed by atoms with Crippen molar-refractivity contribution in [2.45, 2.75) is 23.8 Å². The topological polar surface area (TPSA) is 66.5 Å². The van der Waals surface area contributed by atoms with Crippen molar-refractivity contribution in [3.63, 3.8) is 0 Å². The number of carbonyl (C=O) groups is 1. The Hall–Kier alpha value is -2.58. The number of halogens is 2. The SMILES string of the molecule is O=C(C=Cc1cccc(F)c1)N1CCCC(NS(=O)(=O)c2cccc(F)c2)C1. The van der Waals surface area contributed by atoms with E-state index in [0.29, 0.717) is 24.9 Å². The van der Waals surface area contributed by atoms with Crippen molar-refractivity contribution in [1.82, 2.24) is 9.62 Å². The fourth-order valence-corrected chi connectivity index (χ4v) is 4.37. The number of nitrogens with one attached hydrogen (secondary N) is 1. The lowest BCUT2D eigenvalue weighted by molar-refractivity contribution is -0.127. The standard InChI is InChI=1S/C20H20F2N2O3S/c21-16-5-1-4-15(12-16)9-10-20(25)24-11-3-7-18(14-24)23-28(26,27)19-8-2-6-17(22)13-19/h1-2,4-6,8-10,12-13,18,23H,3,7,11,14H2. The molecular weight excluding hydrogens is 386 g/mol. The molecule has 0 aliphatic carbocycles. The maximum Gasteiger partial charge on any atom is 0.246 e. The maximum atomic E-state index is 13.3. The Bertz CT molecular complexity index is 992. The van der Waals surface area contributed by atoms with Gasteiger partial charge in [0.05, 0.1) is 4.90 Å². The summed E-state index contributed by atoms with van der Waals surface area (Å²) < 4.78 is 53.9. The number of sulfonamides is 1. The molecule has 1 unspecified atom stereocenters. The minimum absolute atomic E-state index is 0.151. The number of nitrogens with zero attached hydrogens (tertiary/aromatic N) is 1. The van der Waals surface area contributed by atoms with Crippen molar-refractivity contribution >= 4 is 22.0 Å². The van der Waals surface area contributed by atoms with Crippen molar-refractivity contribution in [2.75, 3.05) is 13.1 Å². The monoisotopic (exact) mass is 406 g/mol. The summed E-state index contributed by atoms with van der Waals surface area (Å²) in [5.74, 6) is -1.30. The zero-order chi connectivity index (χ0) is 20.1. The highest BCUT2D eigenvalue weighted by Crippen LogP contribution is 2.16. The van der Waals surface area contributed by atoms with Gasteiger partial charge in [-0.2, -0.15) is 0 Å². The van der Waals surface area contributed by atoms with Crippen LogP contribution in [-0.2, 0) is 14.8 Å². The summed E-state index contributed by atoms with van der Waals surface area (Å²) in [4.78, 5) is 13.8. The minimum atomic E-state index is -3.88. The van der Waals surface area contributed by atoms with Gasteiger partial charge < -0.3 is 4.90 Å². The summed E-state index contributed by atoms with van der Waals surface area (Å²) in [6.07, 6.45) is 4.08.